The highest BCUT2D eigenvalue weighted by atomic mass is 32.2. The molecule has 0 atom stereocenters. The van der Waals surface area contributed by atoms with Crippen LogP contribution in [0, 0.1) is 13.8 Å². The predicted molar refractivity (Wildman–Crippen MR) is 107 cm³/mol. The number of amides is 2. The number of urea groups is 1. The van der Waals surface area contributed by atoms with Crippen LogP contribution in [0.1, 0.15) is 11.1 Å². The maximum absolute atomic E-state index is 12.6. The van der Waals surface area contributed by atoms with Crippen LogP contribution >= 0.6 is 11.8 Å². The molecule has 1 heterocycles. The van der Waals surface area contributed by atoms with E-state index in [9.17, 15) is 4.79 Å². The van der Waals surface area contributed by atoms with Crippen molar-refractivity contribution in [1.82, 2.24) is 4.90 Å². The van der Waals surface area contributed by atoms with Gasteiger partial charge in [-0.05, 0) is 43.9 Å². The van der Waals surface area contributed by atoms with Crippen LogP contribution in [-0.4, -0.2) is 43.4 Å². The number of carbonyl (C=O) groups excluding carboxylic acids is 1. The molecule has 0 unspecified atom stereocenters. The van der Waals surface area contributed by atoms with E-state index in [2.05, 4.69) is 53.7 Å². The first-order valence-electron chi connectivity index (χ1n) is 8.59. The van der Waals surface area contributed by atoms with Crippen LogP contribution in [0.3, 0.4) is 0 Å². The molecule has 132 valence electrons. The monoisotopic (exact) mass is 355 g/mol. The molecule has 1 saturated heterocycles. The van der Waals surface area contributed by atoms with Gasteiger partial charge in [0.2, 0.25) is 0 Å². The highest BCUT2D eigenvalue weighted by Gasteiger charge is 2.22. The highest BCUT2D eigenvalue weighted by Crippen LogP contribution is 2.29. The third-order valence-electron chi connectivity index (χ3n) is 4.62. The van der Waals surface area contributed by atoms with E-state index in [4.69, 9.17) is 0 Å². The van der Waals surface area contributed by atoms with Crippen LogP contribution in [0.25, 0.3) is 0 Å². The van der Waals surface area contributed by atoms with E-state index in [1.54, 1.807) is 11.8 Å². The molecular weight excluding hydrogens is 330 g/mol. The van der Waals surface area contributed by atoms with E-state index < -0.39 is 0 Å². The second-order valence-electron chi connectivity index (χ2n) is 6.39. The number of rotatable bonds is 3. The second-order valence-corrected chi connectivity index (χ2v) is 7.24. The van der Waals surface area contributed by atoms with Gasteiger partial charge in [-0.25, -0.2) is 4.79 Å². The largest absolute Gasteiger partial charge is 0.367 e. The zero-order chi connectivity index (χ0) is 17.8. The molecule has 1 aliphatic heterocycles. The van der Waals surface area contributed by atoms with Gasteiger partial charge in [0.05, 0.1) is 5.69 Å². The van der Waals surface area contributed by atoms with Crippen molar-refractivity contribution in [3.63, 3.8) is 0 Å². The van der Waals surface area contributed by atoms with Gasteiger partial charge in [0, 0.05) is 36.8 Å². The number of anilines is 2. The number of aryl methyl sites for hydroxylation is 2. The summed E-state index contributed by atoms with van der Waals surface area (Å²) >= 11 is 1.77. The number of piperazine rings is 1. The summed E-state index contributed by atoms with van der Waals surface area (Å²) in [4.78, 5) is 18.1. The minimum Gasteiger partial charge on any atom is -0.367 e. The molecule has 25 heavy (non-hydrogen) atoms. The van der Waals surface area contributed by atoms with Gasteiger partial charge in [0.25, 0.3) is 0 Å². The molecule has 1 fully saturated rings. The number of carbonyl (C=O) groups is 1. The van der Waals surface area contributed by atoms with E-state index in [-0.39, 0.29) is 6.03 Å². The second kappa shape index (κ2) is 7.83. The van der Waals surface area contributed by atoms with E-state index in [0.717, 1.165) is 37.4 Å². The number of para-hydroxylation sites is 1. The average molecular weight is 356 g/mol. The van der Waals surface area contributed by atoms with Crippen LogP contribution in [0.4, 0.5) is 16.2 Å². The van der Waals surface area contributed by atoms with Crippen LogP contribution in [0.5, 0.6) is 0 Å². The van der Waals surface area contributed by atoms with E-state index in [1.807, 2.05) is 24.0 Å². The van der Waals surface area contributed by atoms with Crippen molar-refractivity contribution in [1.29, 1.82) is 0 Å². The maximum atomic E-state index is 12.6. The van der Waals surface area contributed by atoms with Gasteiger partial charge in [-0.2, -0.15) is 0 Å². The fraction of sp³-hybridized carbons (Fsp3) is 0.350. The fourth-order valence-corrected chi connectivity index (χ4v) is 3.81. The molecule has 0 radical (unpaired) electrons. The van der Waals surface area contributed by atoms with Gasteiger partial charge in [-0.1, -0.05) is 29.8 Å². The van der Waals surface area contributed by atoms with Crippen LogP contribution in [0.2, 0.25) is 0 Å². The SMILES string of the molecule is CSc1ccccc1N1CCN(C(=O)Nc2ccc(C)cc2C)CC1. The molecule has 0 aliphatic carbocycles. The molecule has 0 saturated carbocycles. The summed E-state index contributed by atoms with van der Waals surface area (Å²) in [5.74, 6) is 0. The van der Waals surface area contributed by atoms with Gasteiger partial charge in [-0.3, -0.25) is 0 Å². The first-order chi connectivity index (χ1) is 12.1. The Labute approximate surface area is 154 Å². The van der Waals surface area contributed by atoms with Gasteiger partial charge in [0.1, 0.15) is 0 Å². The first-order valence-corrected chi connectivity index (χ1v) is 9.82. The van der Waals surface area contributed by atoms with Crippen LogP contribution in [-0.2, 0) is 0 Å². The van der Waals surface area contributed by atoms with E-state index in [0.29, 0.717) is 0 Å². The fourth-order valence-electron chi connectivity index (χ4n) is 3.19. The Morgan fingerprint density at radius 1 is 1.04 bits per heavy atom. The maximum Gasteiger partial charge on any atom is 0.321 e. The van der Waals surface area contributed by atoms with Gasteiger partial charge in [0.15, 0.2) is 0 Å². The summed E-state index contributed by atoms with van der Waals surface area (Å²) in [6.45, 7) is 7.28. The molecule has 0 aromatic heterocycles. The average Bonchev–Trinajstić information content (AvgIpc) is 2.64. The van der Waals surface area contributed by atoms with Crippen molar-refractivity contribution >= 4 is 29.2 Å². The molecule has 2 amide bonds. The van der Waals surface area contributed by atoms with Gasteiger partial charge in [-0.15, -0.1) is 11.8 Å². The Bertz CT molecular complexity index is 754. The summed E-state index contributed by atoms with van der Waals surface area (Å²) in [6.07, 6.45) is 2.10. The number of hydrogen-bond donors (Lipinski definition) is 1. The predicted octanol–water partition coefficient (Wildman–Crippen LogP) is 4.38. The third kappa shape index (κ3) is 4.10. The Hall–Kier alpha value is -2.14. The van der Waals surface area contributed by atoms with E-state index in [1.165, 1.54) is 16.1 Å². The zero-order valence-electron chi connectivity index (χ0n) is 15.1. The van der Waals surface area contributed by atoms with Crippen molar-refractivity contribution in [2.24, 2.45) is 0 Å². The lowest BCUT2D eigenvalue weighted by Crippen LogP contribution is -2.50. The van der Waals surface area contributed by atoms with Crippen molar-refractivity contribution in [2.45, 2.75) is 18.7 Å². The van der Waals surface area contributed by atoms with Gasteiger partial charge >= 0.3 is 6.03 Å². The topological polar surface area (TPSA) is 35.6 Å². The Kier molecular flexibility index (Phi) is 5.53. The molecule has 1 N–H and O–H groups in total. The molecule has 5 heteroatoms. The molecule has 2 aromatic carbocycles. The van der Waals surface area contributed by atoms with Crippen molar-refractivity contribution in [3.8, 4) is 0 Å². The smallest absolute Gasteiger partial charge is 0.321 e. The minimum atomic E-state index is -0.00949. The van der Waals surface area contributed by atoms with Crippen molar-refractivity contribution in [3.05, 3.63) is 53.6 Å². The number of hydrogen-bond acceptors (Lipinski definition) is 3. The molecule has 0 bridgehead atoms. The summed E-state index contributed by atoms with van der Waals surface area (Å²) < 4.78 is 0. The van der Waals surface area contributed by atoms with Crippen LogP contribution in [0.15, 0.2) is 47.4 Å². The Morgan fingerprint density at radius 2 is 1.76 bits per heavy atom. The molecule has 4 nitrogen and oxygen atoms in total. The quantitative estimate of drug-likeness (QED) is 0.830. The molecule has 0 spiro atoms. The third-order valence-corrected chi connectivity index (χ3v) is 5.40. The zero-order valence-corrected chi connectivity index (χ0v) is 15.9. The minimum absolute atomic E-state index is 0.00949. The molecular formula is C20H25N3OS. The number of thioether (sulfide) groups is 1. The molecule has 1 aliphatic rings. The Morgan fingerprint density at radius 3 is 2.44 bits per heavy atom. The Balaban J connectivity index is 1.61. The van der Waals surface area contributed by atoms with Crippen LogP contribution < -0.4 is 10.2 Å². The lowest BCUT2D eigenvalue weighted by Gasteiger charge is -2.36. The number of benzene rings is 2. The van der Waals surface area contributed by atoms with Gasteiger partial charge < -0.3 is 15.1 Å². The number of nitrogens with zero attached hydrogens (tertiary/aromatic N) is 2. The summed E-state index contributed by atoms with van der Waals surface area (Å²) in [7, 11) is 0. The molecule has 2 aromatic rings. The lowest BCUT2D eigenvalue weighted by atomic mass is 10.1. The molecule has 3 rings (SSSR count). The lowest BCUT2D eigenvalue weighted by molar-refractivity contribution is 0.208. The summed E-state index contributed by atoms with van der Waals surface area (Å²) in [6, 6.07) is 14.6. The first kappa shape index (κ1) is 17.7. The summed E-state index contributed by atoms with van der Waals surface area (Å²) in [5, 5.41) is 3.05. The highest BCUT2D eigenvalue weighted by molar-refractivity contribution is 7.98. The standard InChI is InChI=1S/C20H25N3OS/c1-15-8-9-17(16(2)14-15)21-20(24)23-12-10-22(11-13-23)18-6-4-5-7-19(18)25-3/h4-9,14H,10-13H2,1-3H3,(H,21,24). The normalized spacial score (nSPS) is 14.5. The van der Waals surface area contributed by atoms with Crippen molar-refractivity contribution < 1.29 is 4.79 Å². The summed E-state index contributed by atoms with van der Waals surface area (Å²) in [5.41, 5.74) is 4.47. The van der Waals surface area contributed by atoms with Crippen molar-refractivity contribution in [2.75, 3.05) is 42.7 Å². The number of nitrogens with one attached hydrogen (secondary N) is 1. The van der Waals surface area contributed by atoms with E-state index >= 15 is 0 Å².